The van der Waals surface area contributed by atoms with Crippen LogP contribution in [0.3, 0.4) is 0 Å². The van der Waals surface area contributed by atoms with Crippen molar-refractivity contribution in [2.24, 2.45) is 0 Å². The average Bonchev–Trinajstić information content (AvgIpc) is 2.81. The lowest BCUT2D eigenvalue weighted by Crippen LogP contribution is -2.26. The van der Waals surface area contributed by atoms with E-state index in [9.17, 15) is 0 Å². The van der Waals surface area contributed by atoms with Crippen molar-refractivity contribution in [1.29, 1.82) is 0 Å². The number of hydrogen-bond donors (Lipinski definition) is 2. The molecule has 0 bridgehead atoms. The third-order valence-electron chi connectivity index (χ3n) is 3.74. The number of nitrogen functional groups attached to an aromatic ring is 1. The number of anilines is 4. The van der Waals surface area contributed by atoms with Crippen LogP contribution >= 0.6 is 11.6 Å². The third-order valence-corrected chi connectivity index (χ3v) is 3.97. The van der Waals surface area contributed by atoms with E-state index in [0.29, 0.717) is 22.3 Å². The molecule has 2 aromatic heterocycles. The SMILES string of the molecule is Nc1c(Nc2ccc(Cl)cn2)ncnc1N1CCCCCC1. The highest BCUT2D eigenvalue weighted by Crippen LogP contribution is 2.29. The Morgan fingerprint density at radius 2 is 1.82 bits per heavy atom. The summed E-state index contributed by atoms with van der Waals surface area (Å²) in [6, 6.07) is 3.56. The largest absolute Gasteiger partial charge is 0.393 e. The topological polar surface area (TPSA) is 80.0 Å². The van der Waals surface area contributed by atoms with E-state index in [1.54, 1.807) is 18.3 Å². The summed E-state index contributed by atoms with van der Waals surface area (Å²) in [6.45, 7) is 1.97. The smallest absolute Gasteiger partial charge is 0.160 e. The summed E-state index contributed by atoms with van der Waals surface area (Å²) in [5.41, 5.74) is 6.82. The molecule has 116 valence electrons. The molecule has 3 rings (SSSR count). The molecular formula is C15H19ClN6. The molecule has 0 spiro atoms. The fraction of sp³-hybridized carbons (Fsp3) is 0.400. The molecule has 0 atom stereocenters. The molecule has 1 aliphatic heterocycles. The summed E-state index contributed by atoms with van der Waals surface area (Å²) in [6.07, 6.45) is 7.99. The number of halogens is 1. The van der Waals surface area contributed by atoms with Crippen molar-refractivity contribution < 1.29 is 0 Å². The second kappa shape index (κ2) is 6.79. The number of nitrogens with two attached hydrogens (primary N) is 1. The Kier molecular flexibility index (Phi) is 4.58. The molecule has 7 heteroatoms. The molecule has 0 aliphatic carbocycles. The first kappa shape index (κ1) is 14.8. The van der Waals surface area contributed by atoms with Crippen LogP contribution in [0.25, 0.3) is 0 Å². The number of rotatable bonds is 3. The van der Waals surface area contributed by atoms with Crippen LogP contribution in [-0.4, -0.2) is 28.0 Å². The van der Waals surface area contributed by atoms with Gasteiger partial charge in [-0.2, -0.15) is 0 Å². The minimum Gasteiger partial charge on any atom is -0.393 e. The van der Waals surface area contributed by atoms with Crippen LogP contribution in [0.2, 0.25) is 5.02 Å². The van der Waals surface area contributed by atoms with Gasteiger partial charge in [-0.3, -0.25) is 0 Å². The molecule has 22 heavy (non-hydrogen) atoms. The lowest BCUT2D eigenvalue weighted by Gasteiger charge is -2.23. The maximum atomic E-state index is 6.26. The molecule has 1 aliphatic rings. The number of hydrogen-bond acceptors (Lipinski definition) is 6. The van der Waals surface area contributed by atoms with Crippen LogP contribution in [0.4, 0.5) is 23.1 Å². The van der Waals surface area contributed by atoms with Gasteiger partial charge < -0.3 is 16.0 Å². The van der Waals surface area contributed by atoms with Gasteiger partial charge in [-0.25, -0.2) is 15.0 Å². The van der Waals surface area contributed by atoms with Crippen molar-refractivity contribution in [3.8, 4) is 0 Å². The second-order valence-corrected chi connectivity index (χ2v) is 5.78. The monoisotopic (exact) mass is 318 g/mol. The van der Waals surface area contributed by atoms with Crippen molar-refractivity contribution in [3.05, 3.63) is 29.7 Å². The first-order valence-electron chi connectivity index (χ1n) is 7.48. The van der Waals surface area contributed by atoms with Gasteiger partial charge in [-0.15, -0.1) is 0 Å². The van der Waals surface area contributed by atoms with Gasteiger partial charge in [0.25, 0.3) is 0 Å². The molecule has 3 N–H and O–H groups in total. The zero-order chi connectivity index (χ0) is 15.4. The van der Waals surface area contributed by atoms with Gasteiger partial charge in [-0.05, 0) is 25.0 Å². The van der Waals surface area contributed by atoms with E-state index < -0.39 is 0 Å². The zero-order valence-electron chi connectivity index (χ0n) is 12.3. The Hall–Kier alpha value is -2.08. The lowest BCUT2D eigenvalue weighted by atomic mass is 10.2. The predicted molar refractivity (Wildman–Crippen MR) is 89.7 cm³/mol. The Bertz CT molecular complexity index is 622. The summed E-state index contributed by atoms with van der Waals surface area (Å²) >= 11 is 5.84. The molecule has 0 aromatic carbocycles. The van der Waals surface area contributed by atoms with E-state index in [2.05, 4.69) is 25.2 Å². The van der Waals surface area contributed by atoms with Gasteiger partial charge in [0.2, 0.25) is 0 Å². The number of pyridine rings is 1. The highest BCUT2D eigenvalue weighted by atomic mass is 35.5. The third kappa shape index (κ3) is 3.39. The van der Waals surface area contributed by atoms with E-state index in [0.717, 1.165) is 18.9 Å². The van der Waals surface area contributed by atoms with Crippen molar-refractivity contribution in [1.82, 2.24) is 15.0 Å². The van der Waals surface area contributed by atoms with E-state index in [1.807, 2.05) is 0 Å². The van der Waals surface area contributed by atoms with Crippen LogP contribution in [0.15, 0.2) is 24.7 Å². The first-order chi connectivity index (χ1) is 10.7. The fourth-order valence-corrected chi connectivity index (χ4v) is 2.70. The molecule has 0 radical (unpaired) electrons. The van der Waals surface area contributed by atoms with Gasteiger partial charge in [0.05, 0.1) is 5.02 Å². The van der Waals surface area contributed by atoms with Crippen molar-refractivity contribution in [2.75, 3.05) is 29.0 Å². The van der Waals surface area contributed by atoms with Crippen LogP contribution in [0.5, 0.6) is 0 Å². The molecule has 6 nitrogen and oxygen atoms in total. The Labute approximate surface area is 134 Å². The molecule has 0 saturated carbocycles. The highest BCUT2D eigenvalue weighted by Gasteiger charge is 2.16. The van der Waals surface area contributed by atoms with Gasteiger partial charge in [0, 0.05) is 19.3 Å². The molecule has 0 unspecified atom stereocenters. The summed E-state index contributed by atoms with van der Waals surface area (Å²) < 4.78 is 0. The second-order valence-electron chi connectivity index (χ2n) is 5.35. The molecular weight excluding hydrogens is 300 g/mol. The molecule has 1 saturated heterocycles. The lowest BCUT2D eigenvalue weighted by molar-refractivity contribution is 0.726. The highest BCUT2D eigenvalue weighted by molar-refractivity contribution is 6.30. The van der Waals surface area contributed by atoms with Crippen molar-refractivity contribution in [2.45, 2.75) is 25.7 Å². The predicted octanol–water partition coefficient (Wildman–Crippen LogP) is 3.23. The van der Waals surface area contributed by atoms with E-state index in [1.165, 1.54) is 32.0 Å². The van der Waals surface area contributed by atoms with Crippen LogP contribution in [0, 0.1) is 0 Å². The molecule has 0 amide bonds. The fourth-order valence-electron chi connectivity index (χ4n) is 2.59. The first-order valence-corrected chi connectivity index (χ1v) is 7.86. The van der Waals surface area contributed by atoms with Crippen LogP contribution < -0.4 is 16.0 Å². The molecule has 1 fully saturated rings. The minimum absolute atomic E-state index is 0.557. The summed E-state index contributed by atoms with van der Waals surface area (Å²) in [7, 11) is 0. The summed E-state index contributed by atoms with van der Waals surface area (Å²) in [5.74, 6) is 2.02. The Morgan fingerprint density at radius 3 is 2.50 bits per heavy atom. The number of nitrogens with zero attached hydrogens (tertiary/aromatic N) is 4. The van der Waals surface area contributed by atoms with E-state index >= 15 is 0 Å². The van der Waals surface area contributed by atoms with Gasteiger partial charge in [0.1, 0.15) is 17.8 Å². The maximum Gasteiger partial charge on any atom is 0.160 e. The number of aromatic nitrogens is 3. The molecule has 3 heterocycles. The Morgan fingerprint density at radius 1 is 1.05 bits per heavy atom. The standard InChI is InChI=1S/C15H19ClN6/c16-11-5-6-12(18-9-11)21-14-13(17)15(20-10-19-14)22-7-3-1-2-4-8-22/h5-6,9-10H,1-4,7-8,17H2,(H,18,19,20,21). The molecule has 2 aromatic rings. The van der Waals surface area contributed by atoms with E-state index in [4.69, 9.17) is 17.3 Å². The van der Waals surface area contributed by atoms with Crippen LogP contribution in [-0.2, 0) is 0 Å². The number of nitrogens with one attached hydrogen (secondary N) is 1. The summed E-state index contributed by atoms with van der Waals surface area (Å²) in [4.78, 5) is 15.0. The van der Waals surface area contributed by atoms with Crippen molar-refractivity contribution in [3.63, 3.8) is 0 Å². The van der Waals surface area contributed by atoms with Gasteiger partial charge in [0.15, 0.2) is 11.6 Å². The maximum absolute atomic E-state index is 6.26. The Balaban J connectivity index is 1.83. The van der Waals surface area contributed by atoms with E-state index in [-0.39, 0.29) is 0 Å². The van der Waals surface area contributed by atoms with Crippen molar-refractivity contribution >= 4 is 34.7 Å². The zero-order valence-corrected chi connectivity index (χ0v) is 13.1. The van der Waals surface area contributed by atoms with Crippen LogP contribution in [0.1, 0.15) is 25.7 Å². The quantitative estimate of drug-likeness (QED) is 0.904. The summed E-state index contributed by atoms with van der Waals surface area (Å²) in [5, 5.41) is 3.71. The van der Waals surface area contributed by atoms with Gasteiger partial charge in [-0.1, -0.05) is 24.4 Å². The minimum atomic E-state index is 0.557. The average molecular weight is 319 g/mol. The normalized spacial score (nSPS) is 15.4. The van der Waals surface area contributed by atoms with Gasteiger partial charge >= 0.3 is 0 Å².